The Labute approximate surface area is 191 Å². The van der Waals surface area contributed by atoms with Crippen LogP contribution in [0.1, 0.15) is 18.1 Å². The van der Waals surface area contributed by atoms with Gasteiger partial charge in [-0.25, -0.2) is 17.2 Å². The summed E-state index contributed by atoms with van der Waals surface area (Å²) in [4.78, 5) is 11.7. The fourth-order valence-corrected chi connectivity index (χ4v) is 4.87. The molecule has 0 heterocycles. The average molecular weight is 475 g/mol. The maximum atomic E-state index is 14.4. The Morgan fingerprint density at radius 2 is 1.58 bits per heavy atom. The van der Waals surface area contributed by atoms with Gasteiger partial charge in [0.05, 0.1) is 12.3 Å². The maximum absolute atomic E-state index is 14.4. The zero-order valence-corrected chi connectivity index (χ0v) is 19.2. The van der Waals surface area contributed by atoms with Gasteiger partial charge < -0.3 is 10.1 Å². The third-order valence-electron chi connectivity index (χ3n) is 5.05. The molecule has 0 unspecified atom stereocenters. The molecule has 0 aliphatic carbocycles. The Balaban J connectivity index is 1.99. The highest BCUT2D eigenvalue weighted by atomic mass is 32.2. The predicted octanol–water partition coefficient (Wildman–Crippen LogP) is 4.81. The normalized spacial score (nSPS) is 11.2. The van der Waals surface area contributed by atoms with Crippen LogP contribution < -0.4 is 14.4 Å². The highest BCUT2D eigenvalue weighted by molar-refractivity contribution is 7.92. The summed E-state index contributed by atoms with van der Waals surface area (Å²) in [6.07, 6.45) is 0. The van der Waals surface area contributed by atoms with E-state index in [9.17, 15) is 22.0 Å². The van der Waals surface area contributed by atoms with Crippen LogP contribution in [0.3, 0.4) is 0 Å². The van der Waals surface area contributed by atoms with E-state index in [4.69, 9.17) is 4.74 Å². The summed E-state index contributed by atoms with van der Waals surface area (Å²) in [5.74, 6) is -2.54. The van der Waals surface area contributed by atoms with Crippen molar-refractivity contribution in [3.8, 4) is 5.75 Å². The topological polar surface area (TPSA) is 75.7 Å². The number of sulfonamides is 1. The third-order valence-corrected chi connectivity index (χ3v) is 6.86. The molecule has 1 N–H and O–H groups in total. The molecule has 174 valence electrons. The minimum atomic E-state index is -4.75. The van der Waals surface area contributed by atoms with Gasteiger partial charge in [0, 0.05) is 5.69 Å². The quantitative estimate of drug-likeness (QED) is 0.508. The molecule has 0 radical (unpaired) electrons. The second kappa shape index (κ2) is 9.99. The number of benzene rings is 3. The van der Waals surface area contributed by atoms with E-state index in [2.05, 4.69) is 5.32 Å². The molecule has 33 heavy (non-hydrogen) atoms. The first-order valence-corrected chi connectivity index (χ1v) is 11.6. The summed E-state index contributed by atoms with van der Waals surface area (Å²) in [5.41, 5.74) is 1.89. The number of nitrogens with zero attached hydrogens (tertiary/aromatic N) is 1. The summed E-state index contributed by atoms with van der Waals surface area (Å²) in [6, 6.07) is 14.2. The molecular formula is C24H24F2N2O4S. The van der Waals surface area contributed by atoms with E-state index in [1.54, 1.807) is 50.2 Å². The number of rotatable bonds is 8. The highest BCUT2D eigenvalue weighted by Gasteiger charge is 2.33. The highest BCUT2D eigenvalue weighted by Crippen LogP contribution is 2.31. The number of hydrogen-bond acceptors (Lipinski definition) is 4. The number of carbonyl (C=O) groups excluding carboxylic acids is 1. The molecule has 3 aromatic carbocycles. The van der Waals surface area contributed by atoms with Crippen LogP contribution in [0.2, 0.25) is 0 Å². The van der Waals surface area contributed by atoms with Crippen molar-refractivity contribution in [2.75, 3.05) is 22.8 Å². The summed E-state index contributed by atoms with van der Waals surface area (Å²) in [7, 11) is -4.75. The summed E-state index contributed by atoms with van der Waals surface area (Å²) < 4.78 is 61.7. The first-order chi connectivity index (χ1) is 15.6. The largest absolute Gasteiger partial charge is 0.494 e. The van der Waals surface area contributed by atoms with Gasteiger partial charge in [0.25, 0.3) is 10.0 Å². The Morgan fingerprint density at radius 3 is 2.18 bits per heavy atom. The first kappa shape index (κ1) is 24.2. The smallest absolute Gasteiger partial charge is 0.270 e. The lowest BCUT2D eigenvalue weighted by molar-refractivity contribution is -0.114. The van der Waals surface area contributed by atoms with Gasteiger partial charge in [-0.2, -0.15) is 0 Å². The van der Waals surface area contributed by atoms with Crippen molar-refractivity contribution in [2.24, 2.45) is 0 Å². The minimum Gasteiger partial charge on any atom is -0.494 e. The van der Waals surface area contributed by atoms with Crippen molar-refractivity contribution in [3.05, 3.63) is 83.4 Å². The number of carbonyl (C=O) groups is 1. The van der Waals surface area contributed by atoms with E-state index >= 15 is 0 Å². The number of nitrogens with one attached hydrogen (secondary N) is 1. The maximum Gasteiger partial charge on any atom is 0.270 e. The van der Waals surface area contributed by atoms with Gasteiger partial charge >= 0.3 is 0 Å². The number of ether oxygens (including phenoxy) is 1. The van der Waals surface area contributed by atoms with Crippen molar-refractivity contribution in [1.82, 2.24) is 0 Å². The second-order valence-electron chi connectivity index (χ2n) is 7.29. The van der Waals surface area contributed by atoms with Crippen LogP contribution in [-0.2, 0) is 14.8 Å². The molecule has 1 amide bonds. The van der Waals surface area contributed by atoms with E-state index < -0.39 is 39.0 Å². The van der Waals surface area contributed by atoms with Gasteiger partial charge in [-0.05, 0) is 74.4 Å². The molecule has 0 spiro atoms. The van der Waals surface area contributed by atoms with Crippen molar-refractivity contribution < 1.29 is 26.7 Å². The Morgan fingerprint density at radius 1 is 0.970 bits per heavy atom. The molecule has 0 aromatic heterocycles. The number of hydrogen-bond donors (Lipinski definition) is 1. The van der Waals surface area contributed by atoms with Crippen molar-refractivity contribution >= 4 is 27.3 Å². The van der Waals surface area contributed by atoms with Gasteiger partial charge in [-0.3, -0.25) is 9.10 Å². The number of aryl methyl sites for hydroxylation is 1. The van der Waals surface area contributed by atoms with Crippen LogP contribution >= 0.6 is 0 Å². The summed E-state index contributed by atoms with van der Waals surface area (Å²) in [6.45, 7) is 5.09. The van der Waals surface area contributed by atoms with Crippen molar-refractivity contribution in [3.63, 3.8) is 0 Å². The lowest BCUT2D eigenvalue weighted by Gasteiger charge is -2.26. The van der Waals surface area contributed by atoms with E-state index in [0.29, 0.717) is 23.6 Å². The van der Waals surface area contributed by atoms with Gasteiger partial charge in [0.1, 0.15) is 23.9 Å². The van der Waals surface area contributed by atoms with Gasteiger partial charge in [0.2, 0.25) is 5.91 Å². The molecule has 3 rings (SSSR count). The van der Waals surface area contributed by atoms with Crippen molar-refractivity contribution in [1.29, 1.82) is 0 Å². The number of anilines is 2. The fraction of sp³-hybridized carbons (Fsp3) is 0.208. The summed E-state index contributed by atoms with van der Waals surface area (Å²) >= 11 is 0. The SMILES string of the molecule is CCOc1ccc(NC(=O)CN(c2cccc(C)c2C)S(=O)(=O)c2c(F)cccc2F)cc1. The van der Waals surface area contributed by atoms with E-state index in [-0.39, 0.29) is 5.69 Å². The van der Waals surface area contributed by atoms with E-state index in [0.717, 1.165) is 28.1 Å². The summed E-state index contributed by atoms with van der Waals surface area (Å²) in [5, 5.41) is 2.61. The molecule has 0 fully saturated rings. The van der Waals surface area contributed by atoms with Crippen LogP contribution in [-0.4, -0.2) is 27.5 Å². The van der Waals surface area contributed by atoms with E-state index in [1.807, 2.05) is 6.92 Å². The van der Waals surface area contributed by atoms with Crippen LogP contribution in [0.25, 0.3) is 0 Å². The van der Waals surface area contributed by atoms with Crippen LogP contribution in [0, 0.1) is 25.5 Å². The lowest BCUT2D eigenvalue weighted by Crippen LogP contribution is -2.39. The second-order valence-corrected chi connectivity index (χ2v) is 9.09. The molecule has 0 aliphatic heterocycles. The Hall–Kier alpha value is -3.46. The molecular weight excluding hydrogens is 450 g/mol. The third kappa shape index (κ3) is 5.31. The molecule has 0 saturated carbocycles. The average Bonchev–Trinajstić information content (AvgIpc) is 2.75. The fourth-order valence-electron chi connectivity index (χ4n) is 3.28. The van der Waals surface area contributed by atoms with E-state index in [1.165, 1.54) is 6.07 Å². The molecule has 9 heteroatoms. The molecule has 6 nitrogen and oxygen atoms in total. The Bertz CT molecular complexity index is 1240. The Kier molecular flexibility index (Phi) is 7.33. The van der Waals surface area contributed by atoms with Crippen LogP contribution in [0.5, 0.6) is 5.75 Å². The predicted molar refractivity (Wildman–Crippen MR) is 123 cm³/mol. The molecule has 3 aromatic rings. The molecule has 0 bridgehead atoms. The standard InChI is InChI=1S/C24H24F2N2O4S/c1-4-32-19-13-11-18(12-14-19)27-23(29)15-28(22-10-5-7-16(2)17(22)3)33(30,31)24-20(25)8-6-9-21(24)26/h5-14H,4,15H2,1-3H3,(H,27,29). The zero-order chi connectivity index (χ0) is 24.2. The monoisotopic (exact) mass is 474 g/mol. The molecule has 0 atom stereocenters. The minimum absolute atomic E-state index is 0.152. The number of halogens is 2. The zero-order valence-electron chi connectivity index (χ0n) is 18.4. The number of amides is 1. The molecule has 0 aliphatic rings. The molecule has 0 saturated heterocycles. The van der Waals surface area contributed by atoms with Crippen LogP contribution in [0.15, 0.2) is 65.6 Å². The van der Waals surface area contributed by atoms with Gasteiger partial charge in [0.15, 0.2) is 4.90 Å². The van der Waals surface area contributed by atoms with Gasteiger partial charge in [-0.15, -0.1) is 0 Å². The lowest BCUT2D eigenvalue weighted by atomic mass is 10.1. The van der Waals surface area contributed by atoms with Crippen molar-refractivity contribution in [2.45, 2.75) is 25.7 Å². The van der Waals surface area contributed by atoms with Crippen LogP contribution in [0.4, 0.5) is 20.2 Å². The first-order valence-electron chi connectivity index (χ1n) is 10.2. The van der Waals surface area contributed by atoms with Gasteiger partial charge in [-0.1, -0.05) is 18.2 Å².